The van der Waals surface area contributed by atoms with E-state index in [9.17, 15) is 14.9 Å². The first kappa shape index (κ1) is 14.0. The van der Waals surface area contributed by atoms with Crippen molar-refractivity contribution in [1.82, 2.24) is 0 Å². The maximum atomic E-state index is 12.4. The van der Waals surface area contributed by atoms with Crippen molar-refractivity contribution >= 4 is 33.1 Å². The summed E-state index contributed by atoms with van der Waals surface area (Å²) in [7, 11) is 0. The van der Waals surface area contributed by atoms with Crippen LogP contribution < -0.4 is 5.73 Å². The molecule has 0 aromatic heterocycles. The molecule has 0 saturated heterocycles. The highest BCUT2D eigenvalue weighted by atomic mass is 79.9. The molecular weight excluding hydrogens is 312 g/mol. The molecule has 0 aliphatic heterocycles. The average Bonchev–Trinajstić information content (AvgIpc) is 2.41. The second-order valence-corrected chi connectivity index (χ2v) is 5.76. The first-order valence-corrected chi connectivity index (χ1v) is 7.07. The molecule has 0 bridgehead atoms. The van der Waals surface area contributed by atoms with Crippen molar-refractivity contribution in [3.63, 3.8) is 0 Å². The number of hydrogen-bond donors (Lipinski definition) is 1. The lowest BCUT2D eigenvalue weighted by atomic mass is 9.83. The van der Waals surface area contributed by atoms with Gasteiger partial charge in [0.2, 0.25) is 0 Å². The second-order valence-electron chi connectivity index (χ2n) is 4.84. The number of carbonyl (C=O) groups is 1. The number of Topliss-reactive ketones (excluding diaryl/α,β-unsaturated/α-hetero) is 1. The van der Waals surface area contributed by atoms with Crippen LogP contribution in [0.5, 0.6) is 0 Å². The first-order valence-electron chi connectivity index (χ1n) is 6.28. The third-order valence-electron chi connectivity index (χ3n) is 3.56. The van der Waals surface area contributed by atoms with Gasteiger partial charge in [-0.3, -0.25) is 14.9 Å². The van der Waals surface area contributed by atoms with Crippen molar-refractivity contribution in [2.75, 3.05) is 5.73 Å². The Morgan fingerprint density at radius 2 is 1.95 bits per heavy atom. The number of halogens is 1. The van der Waals surface area contributed by atoms with Crippen molar-refractivity contribution in [3.8, 4) is 0 Å². The van der Waals surface area contributed by atoms with Crippen LogP contribution in [0.1, 0.15) is 42.5 Å². The van der Waals surface area contributed by atoms with Gasteiger partial charge in [-0.15, -0.1) is 0 Å². The Bertz CT molecular complexity index is 525. The average molecular weight is 327 g/mol. The van der Waals surface area contributed by atoms with Crippen LogP contribution in [-0.4, -0.2) is 10.7 Å². The zero-order valence-corrected chi connectivity index (χ0v) is 12.0. The zero-order valence-electron chi connectivity index (χ0n) is 10.4. The van der Waals surface area contributed by atoms with E-state index in [1.165, 1.54) is 6.07 Å². The minimum atomic E-state index is -0.558. The molecule has 1 aromatic rings. The second kappa shape index (κ2) is 5.69. The first-order chi connectivity index (χ1) is 9.00. The topological polar surface area (TPSA) is 86.2 Å². The van der Waals surface area contributed by atoms with Gasteiger partial charge >= 0.3 is 0 Å². The van der Waals surface area contributed by atoms with E-state index in [0.717, 1.165) is 32.1 Å². The molecule has 1 aliphatic carbocycles. The predicted molar refractivity (Wildman–Crippen MR) is 76.1 cm³/mol. The van der Waals surface area contributed by atoms with Gasteiger partial charge in [-0.05, 0) is 18.9 Å². The number of nitrogens with two attached hydrogens (primary N) is 1. The quantitative estimate of drug-likeness (QED) is 0.397. The van der Waals surface area contributed by atoms with Gasteiger partial charge in [-0.2, -0.15) is 0 Å². The fourth-order valence-electron chi connectivity index (χ4n) is 2.54. The molecule has 2 rings (SSSR count). The molecule has 0 unspecified atom stereocenters. The van der Waals surface area contributed by atoms with E-state index in [2.05, 4.69) is 15.9 Å². The molecule has 1 fully saturated rings. The monoisotopic (exact) mass is 326 g/mol. The van der Waals surface area contributed by atoms with Gasteiger partial charge < -0.3 is 5.73 Å². The van der Waals surface area contributed by atoms with Crippen LogP contribution in [0.15, 0.2) is 16.6 Å². The number of nitrogens with zero attached hydrogens (tertiary/aromatic N) is 1. The lowest BCUT2D eigenvalue weighted by Crippen LogP contribution is -2.19. The van der Waals surface area contributed by atoms with Crippen molar-refractivity contribution < 1.29 is 9.72 Å². The van der Waals surface area contributed by atoms with Crippen LogP contribution in [0, 0.1) is 16.0 Å². The summed E-state index contributed by atoms with van der Waals surface area (Å²) in [6, 6.07) is 2.91. The van der Waals surface area contributed by atoms with Crippen molar-refractivity contribution in [3.05, 3.63) is 32.3 Å². The molecule has 1 saturated carbocycles. The van der Waals surface area contributed by atoms with Gasteiger partial charge in [0.05, 0.1) is 4.92 Å². The minimum Gasteiger partial charge on any atom is -0.393 e. The summed E-state index contributed by atoms with van der Waals surface area (Å²) in [6.45, 7) is 0. The molecule has 0 radical (unpaired) electrons. The van der Waals surface area contributed by atoms with Crippen LogP contribution in [0.4, 0.5) is 11.4 Å². The van der Waals surface area contributed by atoms with Gasteiger partial charge in [0.25, 0.3) is 5.69 Å². The van der Waals surface area contributed by atoms with E-state index < -0.39 is 4.92 Å². The Morgan fingerprint density at radius 3 is 2.53 bits per heavy atom. The number of benzene rings is 1. The SMILES string of the molecule is Nc1c(C(=O)C2CCCCC2)cc(Br)cc1[N+](=O)[O-]. The molecule has 2 N–H and O–H groups in total. The minimum absolute atomic E-state index is 0.0243. The third kappa shape index (κ3) is 2.94. The molecule has 5 nitrogen and oxygen atoms in total. The number of nitro benzene ring substituents is 1. The van der Waals surface area contributed by atoms with Crippen molar-refractivity contribution in [1.29, 1.82) is 0 Å². The number of nitro groups is 1. The molecule has 0 amide bonds. The van der Waals surface area contributed by atoms with Crippen LogP contribution >= 0.6 is 15.9 Å². The summed E-state index contributed by atoms with van der Waals surface area (Å²) >= 11 is 3.20. The molecule has 1 aromatic carbocycles. The highest BCUT2D eigenvalue weighted by Gasteiger charge is 2.27. The lowest BCUT2D eigenvalue weighted by molar-refractivity contribution is -0.384. The highest BCUT2D eigenvalue weighted by Crippen LogP contribution is 2.34. The third-order valence-corrected chi connectivity index (χ3v) is 4.02. The molecule has 19 heavy (non-hydrogen) atoms. The summed E-state index contributed by atoms with van der Waals surface area (Å²) in [5.41, 5.74) is 5.81. The van der Waals surface area contributed by atoms with Crippen LogP contribution in [0.3, 0.4) is 0 Å². The van der Waals surface area contributed by atoms with Gasteiger partial charge in [0, 0.05) is 22.0 Å². The Balaban J connectivity index is 2.38. The molecule has 6 heteroatoms. The summed E-state index contributed by atoms with van der Waals surface area (Å²) in [4.78, 5) is 22.8. The van der Waals surface area contributed by atoms with Gasteiger partial charge in [0.15, 0.2) is 5.78 Å². The van der Waals surface area contributed by atoms with Gasteiger partial charge in [-0.1, -0.05) is 35.2 Å². The molecule has 1 aliphatic rings. The van der Waals surface area contributed by atoms with Gasteiger partial charge in [0.1, 0.15) is 5.69 Å². The molecule has 0 spiro atoms. The van der Waals surface area contributed by atoms with Crippen LogP contribution in [-0.2, 0) is 0 Å². The largest absolute Gasteiger partial charge is 0.393 e. The van der Waals surface area contributed by atoms with Crippen molar-refractivity contribution in [2.45, 2.75) is 32.1 Å². The zero-order chi connectivity index (χ0) is 14.0. The standard InChI is InChI=1S/C13H15BrN2O3/c14-9-6-10(12(15)11(7-9)16(18)19)13(17)8-4-2-1-3-5-8/h6-8H,1-5,15H2. The number of hydrogen-bond acceptors (Lipinski definition) is 4. The van der Waals surface area contributed by atoms with Gasteiger partial charge in [-0.25, -0.2) is 0 Å². The normalized spacial score (nSPS) is 16.3. The van der Waals surface area contributed by atoms with Crippen LogP contribution in [0.25, 0.3) is 0 Å². The number of nitrogen functional groups attached to an aromatic ring is 1. The lowest BCUT2D eigenvalue weighted by Gasteiger charge is -2.21. The fourth-order valence-corrected chi connectivity index (χ4v) is 2.99. The Hall–Kier alpha value is -1.43. The summed E-state index contributed by atoms with van der Waals surface area (Å²) in [5, 5.41) is 10.9. The Labute approximate surface area is 119 Å². The van der Waals surface area contributed by atoms with E-state index in [0.29, 0.717) is 4.47 Å². The molecule has 0 heterocycles. The number of rotatable bonds is 3. The molecule has 102 valence electrons. The highest BCUT2D eigenvalue weighted by molar-refractivity contribution is 9.10. The van der Waals surface area contributed by atoms with E-state index in [-0.39, 0.29) is 28.6 Å². The molecular formula is C13H15BrN2O3. The maximum absolute atomic E-state index is 12.4. The number of carbonyl (C=O) groups excluding carboxylic acids is 1. The Morgan fingerprint density at radius 1 is 1.32 bits per heavy atom. The van der Waals surface area contributed by atoms with E-state index in [4.69, 9.17) is 5.73 Å². The summed E-state index contributed by atoms with van der Waals surface area (Å²) < 4.78 is 0.507. The predicted octanol–water partition coefficient (Wildman–Crippen LogP) is 3.70. The number of ketones is 1. The fraction of sp³-hybridized carbons (Fsp3) is 0.462. The number of anilines is 1. The Kier molecular flexibility index (Phi) is 4.19. The van der Waals surface area contributed by atoms with E-state index >= 15 is 0 Å². The van der Waals surface area contributed by atoms with Crippen molar-refractivity contribution in [2.24, 2.45) is 5.92 Å². The van der Waals surface area contributed by atoms with E-state index in [1.807, 2.05) is 0 Å². The van der Waals surface area contributed by atoms with E-state index in [1.54, 1.807) is 6.07 Å². The molecule has 0 atom stereocenters. The maximum Gasteiger partial charge on any atom is 0.293 e. The summed E-state index contributed by atoms with van der Waals surface area (Å²) in [6.07, 6.45) is 4.91. The van der Waals surface area contributed by atoms with Crippen LogP contribution in [0.2, 0.25) is 0 Å². The smallest absolute Gasteiger partial charge is 0.293 e. The summed E-state index contributed by atoms with van der Waals surface area (Å²) in [5.74, 6) is -0.119.